The Kier molecular flexibility index (Phi) is 4.03. The van der Waals surface area contributed by atoms with Crippen LogP contribution in [0.25, 0.3) is 0 Å². The Bertz CT molecular complexity index is 597. The number of aliphatic hydroxyl groups is 1. The van der Waals surface area contributed by atoms with E-state index in [9.17, 15) is 5.11 Å². The molecule has 20 heavy (non-hydrogen) atoms. The molecule has 0 amide bonds. The normalized spacial score (nSPS) is 16.5. The number of hydrogen-bond donors (Lipinski definition) is 1. The molecule has 0 radical (unpaired) electrons. The molecule has 0 fully saturated rings. The predicted octanol–water partition coefficient (Wildman–Crippen LogP) is 2.60. The van der Waals surface area contributed by atoms with Gasteiger partial charge in [0.1, 0.15) is 10.9 Å². The van der Waals surface area contributed by atoms with Crippen molar-refractivity contribution in [3.63, 3.8) is 0 Å². The lowest BCUT2D eigenvalue weighted by atomic mass is 10.2. The maximum Gasteiger partial charge on any atom is 0.197 e. The van der Waals surface area contributed by atoms with Crippen LogP contribution in [-0.2, 0) is 13.0 Å². The van der Waals surface area contributed by atoms with Crippen LogP contribution in [0.2, 0.25) is 0 Å². The molecule has 6 heteroatoms. The van der Waals surface area contributed by atoms with Gasteiger partial charge in [0, 0.05) is 19.2 Å². The molecule has 0 spiro atoms. The molecule has 0 aromatic carbocycles. The lowest BCUT2D eigenvalue weighted by Gasteiger charge is -2.08. The molecule has 0 unspecified atom stereocenters. The Morgan fingerprint density at radius 2 is 2.20 bits per heavy atom. The van der Waals surface area contributed by atoms with Crippen LogP contribution in [0.15, 0.2) is 28.5 Å². The van der Waals surface area contributed by atoms with Gasteiger partial charge >= 0.3 is 0 Å². The number of nitrogens with zero attached hydrogens (tertiary/aromatic N) is 4. The highest BCUT2D eigenvalue weighted by molar-refractivity contribution is 7.99. The molecule has 3 heterocycles. The van der Waals surface area contributed by atoms with Crippen molar-refractivity contribution in [2.75, 3.05) is 0 Å². The van der Waals surface area contributed by atoms with Crippen molar-refractivity contribution in [3.8, 4) is 0 Å². The summed E-state index contributed by atoms with van der Waals surface area (Å²) < 4.78 is 2.20. The smallest absolute Gasteiger partial charge is 0.197 e. The summed E-state index contributed by atoms with van der Waals surface area (Å²) in [6.45, 7) is 2.74. The molecular weight excluding hydrogens is 272 g/mol. The second-order valence-corrected chi connectivity index (χ2v) is 6.05. The van der Waals surface area contributed by atoms with Crippen LogP contribution in [-0.4, -0.2) is 24.9 Å². The second-order valence-electron chi connectivity index (χ2n) is 5.07. The van der Waals surface area contributed by atoms with Gasteiger partial charge in [0.05, 0.1) is 6.10 Å². The summed E-state index contributed by atoms with van der Waals surface area (Å²) in [4.78, 5) is 4.34. The van der Waals surface area contributed by atoms with Crippen molar-refractivity contribution < 1.29 is 5.11 Å². The first kappa shape index (κ1) is 13.6. The average molecular weight is 290 g/mol. The number of rotatable bonds is 3. The van der Waals surface area contributed by atoms with Crippen LogP contribution in [0.1, 0.15) is 43.7 Å². The lowest BCUT2D eigenvalue weighted by molar-refractivity contribution is 0.199. The summed E-state index contributed by atoms with van der Waals surface area (Å²) in [5.74, 6) is 1.08. The summed E-state index contributed by atoms with van der Waals surface area (Å²) in [5.41, 5.74) is 0.873. The van der Waals surface area contributed by atoms with Gasteiger partial charge in [-0.15, -0.1) is 10.2 Å². The minimum atomic E-state index is -0.479. The van der Waals surface area contributed by atoms with E-state index in [4.69, 9.17) is 0 Å². The lowest BCUT2D eigenvalue weighted by Crippen LogP contribution is -2.02. The summed E-state index contributed by atoms with van der Waals surface area (Å²) >= 11 is 1.52. The first-order valence-electron chi connectivity index (χ1n) is 6.98. The zero-order chi connectivity index (χ0) is 13.9. The maximum atomic E-state index is 9.63. The summed E-state index contributed by atoms with van der Waals surface area (Å²) in [7, 11) is 0. The molecule has 1 aliphatic rings. The van der Waals surface area contributed by atoms with Gasteiger partial charge in [0.15, 0.2) is 5.16 Å². The fourth-order valence-electron chi connectivity index (χ4n) is 2.37. The third kappa shape index (κ3) is 2.86. The van der Waals surface area contributed by atoms with Gasteiger partial charge in [0.2, 0.25) is 0 Å². The van der Waals surface area contributed by atoms with Gasteiger partial charge < -0.3 is 9.67 Å². The van der Waals surface area contributed by atoms with E-state index in [1.165, 1.54) is 31.0 Å². The number of aryl methyl sites for hydroxylation is 1. The molecule has 3 rings (SSSR count). The third-order valence-corrected chi connectivity index (χ3v) is 4.43. The Morgan fingerprint density at radius 1 is 1.30 bits per heavy atom. The van der Waals surface area contributed by atoms with Crippen molar-refractivity contribution in [2.24, 2.45) is 0 Å². The first-order valence-corrected chi connectivity index (χ1v) is 7.79. The van der Waals surface area contributed by atoms with Gasteiger partial charge in [-0.1, -0.05) is 6.42 Å². The van der Waals surface area contributed by atoms with E-state index in [1.807, 2.05) is 12.1 Å². The molecule has 1 atom stereocenters. The van der Waals surface area contributed by atoms with Gasteiger partial charge in [-0.25, -0.2) is 4.98 Å². The molecule has 5 nitrogen and oxygen atoms in total. The standard InChI is InChI=1S/C14H18N4OS/c1-10(19)11-6-7-15-13(9-11)20-14-17-16-12-5-3-2-4-8-18(12)14/h6-7,9-10,19H,2-5,8H2,1H3/t10-/m0/s1. The highest BCUT2D eigenvalue weighted by atomic mass is 32.2. The van der Waals surface area contributed by atoms with Crippen molar-refractivity contribution >= 4 is 11.8 Å². The minimum Gasteiger partial charge on any atom is -0.389 e. The van der Waals surface area contributed by atoms with Gasteiger partial charge in [-0.3, -0.25) is 0 Å². The highest BCUT2D eigenvalue weighted by Gasteiger charge is 2.16. The second kappa shape index (κ2) is 5.93. The van der Waals surface area contributed by atoms with E-state index in [2.05, 4.69) is 19.7 Å². The Labute approximate surface area is 122 Å². The summed E-state index contributed by atoms with van der Waals surface area (Å²) in [6, 6.07) is 3.74. The van der Waals surface area contributed by atoms with Crippen LogP contribution in [0.4, 0.5) is 0 Å². The van der Waals surface area contributed by atoms with Crippen molar-refractivity contribution in [3.05, 3.63) is 29.7 Å². The molecule has 1 N–H and O–H groups in total. The number of aliphatic hydroxyl groups excluding tert-OH is 1. The zero-order valence-electron chi connectivity index (χ0n) is 11.5. The van der Waals surface area contributed by atoms with E-state index in [-0.39, 0.29) is 0 Å². The topological polar surface area (TPSA) is 63.8 Å². The molecule has 0 saturated carbocycles. The fourth-order valence-corrected chi connectivity index (χ4v) is 3.25. The minimum absolute atomic E-state index is 0.479. The average Bonchev–Trinajstić information content (AvgIpc) is 2.68. The third-order valence-electron chi connectivity index (χ3n) is 3.51. The Balaban J connectivity index is 1.84. The maximum absolute atomic E-state index is 9.63. The molecular formula is C14H18N4OS. The highest BCUT2D eigenvalue weighted by Crippen LogP contribution is 2.28. The number of pyridine rings is 1. The first-order chi connectivity index (χ1) is 9.74. The number of fused-ring (bicyclic) bond motifs is 1. The van der Waals surface area contributed by atoms with Crippen LogP contribution in [0, 0.1) is 0 Å². The predicted molar refractivity (Wildman–Crippen MR) is 76.6 cm³/mol. The SMILES string of the molecule is C[C@H](O)c1ccnc(Sc2nnc3n2CCCCC3)c1. The molecule has 2 aromatic heterocycles. The van der Waals surface area contributed by atoms with Crippen LogP contribution < -0.4 is 0 Å². The summed E-state index contributed by atoms with van der Waals surface area (Å²) in [5, 5.41) is 20.0. The monoisotopic (exact) mass is 290 g/mol. The van der Waals surface area contributed by atoms with Crippen LogP contribution in [0.3, 0.4) is 0 Å². The van der Waals surface area contributed by atoms with Crippen LogP contribution >= 0.6 is 11.8 Å². The van der Waals surface area contributed by atoms with Crippen molar-refractivity contribution in [2.45, 2.75) is 55.4 Å². The summed E-state index contributed by atoms with van der Waals surface area (Å²) in [6.07, 6.45) is 5.88. The molecule has 1 aliphatic heterocycles. The Morgan fingerprint density at radius 3 is 3.05 bits per heavy atom. The van der Waals surface area contributed by atoms with Crippen LogP contribution in [0.5, 0.6) is 0 Å². The van der Waals surface area contributed by atoms with Crippen molar-refractivity contribution in [1.29, 1.82) is 0 Å². The molecule has 0 saturated heterocycles. The van der Waals surface area contributed by atoms with E-state index < -0.39 is 6.10 Å². The molecule has 106 valence electrons. The largest absolute Gasteiger partial charge is 0.389 e. The number of hydrogen-bond acceptors (Lipinski definition) is 5. The van der Waals surface area contributed by atoms with E-state index in [1.54, 1.807) is 13.1 Å². The quantitative estimate of drug-likeness (QED) is 0.941. The van der Waals surface area contributed by atoms with Gasteiger partial charge in [-0.05, 0) is 49.2 Å². The number of aromatic nitrogens is 4. The molecule has 0 bridgehead atoms. The van der Waals surface area contributed by atoms with Crippen molar-refractivity contribution in [1.82, 2.24) is 19.7 Å². The fraction of sp³-hybridized carbons (Fsp3) is 0.500. The van der Waals surface area contributed by atoms with E-state index in [0.717, 1.165) is 34.5 Å². The molecule has 2 aromatic rings. The van der Waals surface area contributed by atoms with E-state index >= 15 is 0 Å². The van der Waals surface area contributed by atoms with E-state index in [0.29, 0.717) is 0 Å². The van der Waals surface area contributed by atoms with Gasteiger partial charge in [-0.2, -0.15) is 0 Å². The van der Waals surface area contributed by atoms with Gasteiger partial charge in [0.25, 0.3) is 0 Å². The Hall–Kier alpha value is -1.40. The molecule has 0 aliphatic carbocycles. The zero-order valence-corrected chi connectivity index (χ0v) is 12.3.